The van der Waals surface area contributed by atoms with E-state index in [2.05, 4.69) is 6.92 Å². The van der Waals surface area contributed by atoms with Crippen molar-refractivity contribution >= 4 is 11.0 Å². The Labute approximate surface area is 195 Å². The maximum atomic E-state index is 14.1. The van der Waals surface area contributed by atoms with Crippen LogP contribution in [0, 0.1) is 26.7 Å². The van der Waals surface area contributed by atoms with Crippen molar-refractivity contribution < 1.29 is 32.3 Å². The van der Waals surface area contributed by atoms with E-state index in [-0.39, 0.29) is 28.8 Å². The molecular weight excluding hydrogens is 447 g/mol. The second-order valence-electron chi connectivity index (χ2n) is 9.42. The number of benzene rings is 2. The van der Waals surface area contributed by atoms with E-state index in [1.54, 1.807) is 19.9 Å². The molecule has 2 aromatic carbocycles. The lowest BCUT2D eigenvalue weighted by Crippen LogP contribution is -3.11. The van der Waals surface area contributed by atoms with Gasteiger partial charge in [-0.25, -0.2) is 0 Å². The molecule has 1 aliphatic rings. The maximum absolute atomic E-state index is 14.1. The summed E-state index contributed by atoms with van der Waals surface area (Å²) in [4.78, 5) is 14.4. The average Bonchev–Trinajstić information content (AvgIpc) is 2.75. The highest BCUT2D eigenvalue weighted by atomic mass is 19.4. The number of fused-ring (bicyclic) bond motifs is 1. The molecule has 4 rings (SSSR count). The molecule has 34 heavy (non-hydrogen) atoms. The van der Waals surface area contributed by atoms with Crippen molar-refractivity contribution in [2.45, 2.75) is 53.3 Å². The molecule has 0 unspecified atom stereocenters. The van der Waals surface area contributed by atoms with Crippen molar-refractivity contribution in [1.82, 2.24) is 0 Å². The second kappa shape index (κ2) is 8.98. The Hall–Kier alpha value is -3.00. The molecule has 1 saturated heterocycles. The number of hydrogen-bond acceptors (Lipinski definition) is 4. The van der Waals surface area contributed by atoms with E-state index in [0.29, 0.717) is 11.5 Å². The van der Waals surface area contributed by atoms with Gasteiger partial charge >= 0.3 is 6.18 Å². The molecule has 2 heterocycles. The van der Waals surface area contributed by atoms with Gasteiger partial charge < -0.3 is 19.2 Å². The van der Waals surface area contributed by atoms with Gasteiger partial charge in [0.2, 0.25) is 11.2 Å². The van der Waals surface area contributed by atoms with E-state index in [1.165, 1.54) is 12.1 Å². The quantitative estimate of drug-likeness (QED) is 0.607. The molecule has 0 spiro atoms. The predicted octanol–water partition coefficient (Wildman–Crippen LogP) is 4.42. The molecule has 3 aromatic rings. The van der Waals surface area contributed by atoms with Crippen LogP contribution < -0.4 is 20.2 Å². The van der Waals surface area contributed by atoms with Crippen molar-refractivity contribution in [2.24, 2.45) is 5.92 Å². The summed E-state index contributed by atoms with van der Waals surface area (Å²) in [5.41, 5.74) is 1.08. The summed E-state index contributed by atoms with van der Waals surface area (Å²) in [5.74, 6) is -2.16. The molecule has 0 aliphatic carbocycles. The number of hydrogen-bond donors (Lipinski definition) is 1. The monoisotopic (exact) mass is 475 g/mol. The van der Waals surface area contributed by atoms with Crippen LogP contribution in [0.1, 0.15) is 47.8 Å². The van der Waals surface area contributed by atoms with Crippen LogP contribution >= 0.6 is 0 Å². The largest absolute Gasteiger partial charge is 0.872 e. The Balaban J connectivity index is 1.87. The summed E-state index contributed by atoms with van der Waals surface area (Å²) >= 11 is 0. The van der Waals surface area contributed by atoms with Crippen LogP contribution in [0.5, 0.6) is 17.2 Å². The third-order valence-corrected chi connectivity index (χ3v) is 6.72. The lowest BCUT2D eigenvalue weighted by atomic mass is 9.98. The summed E-state index contributed by atoms with van der Waals surface area (Å²) in [5, 5.41) is 12.6. The van der Waals surface area contributed by atoms with Gasteiger partial charge in [0.1, 0.15) is 17.9 Å². The van der Waals surface area contributed by atoms with Crippen molar-refractivity contribution in [3.63, 3.8) is 0 Å². The SMILES string of the molecule is Cc1cc(C)c(C)c(Oc2c(C(F)(F)F)oc3c(C[NH+]4CCC(C)CC4)c([O-])ccc3c2=O)c1. The Morgan fingerprint density at radius 3 is 2.47 bits per heavy atom. The molecule has 1 N–H and O–H groups in total. The minimum Gasteiger partial charge on any atom is -0.872 e. The molecule has 0 bridgehead atoms. The molecule has 5 nitrogen and oxygen atoms in total. The number of ether oxygens (including phenoxy) is 1. The summed E-state index contributed by atoms with van der Waals surface area (Å²) in [6.45, 7) is 9.29. The van der Waals surface area contributed by atoms with E-state index in [0.717, 1.165) is 42.0 Å². The molecule has 1 aromatic heterocycles. The average molecular weight is 476 g/mol. The molecule has 0 atom stereocenters. The summed E-state index contributed by atoms with van der Waals surface area (Å²) < 4.78 is 53.1. The standard InChI is InChI=1S/C26H28F3NO4/c1-14-7-9-30(10-8-14)13-19-20(31)6-5-18-22(32)24(25(26(27,28)29)34-23(18)19)33-21-12-15(2)11-16(3)17(21)4/h5-6,11-12,14,31H,7-10,13H2,1-4H3. The zero-order valence-corrected chi connectivity index (χ0v) is 19.7. The van der Waals surface area contributed by atoms with Crippen LogP contribution in [0.4, 0.5) is 13.2 Å². The molecule has 8 heteroatoms. The number of piperidine rings is 1. The predicted molar refractivity (Wildman–Crippen MR) is 120 cm³/mol. The van der Waals surface area contributed by atoms with Crippen molar-refractivity contribution in [3.05, 3.63) is 62.5 Å². The smallest absolute Gasteiger partial charge is 0.453 e. The molecule has 1 fully saturated rings. The third-order valence-electron chi connectivity index (χ3n) is 6.72. The van der Waals surface area contributed by atoms with Gasteiger partial charge in [-0.15, -0.1) is 0 Å². The minimum absolute atomic E-state index is 0.0931. The molecular formula is C26H28F3NO4. The first kappa shape index (κ1) is 24.1. The normalized spacial score (nSPS) is 18.9. The summed E-state index contributed by atoms with van der Waals surface area (Å²) in [7, 11) is 0. The van der Waals surface area contributed by atoms with Gasteiger partial charge in [-0.1, -0.05) is 24.8 Å². The van der Waals surface area contributed by atoms with Gasteiger partial charge in [-0.05, 0) is 68.4 Å². The number of rotatable bonds is 4. The highest BCUT2D eigenvalue weighted by molar-refractivity contribution is 5.83. The Morgan fingerprint density at radius 1 is 1.15 bits per heavy atom. The van der Waals surface area contributed by atoms with E-state index < -0.39 is 28.9 Å². The van der Waals surface area contributed by atoms with Crippen LogP contribution in [0.3, 0.4) is 0 Å². The van der Waals surface area contributed by atoms with Crippen LogP contribution in [0.25, 0.3) is 11.0 Å². The third kappa shape index (κ3) is 4.64. The summed E-state index contributed by atoms with van der Waals surface area (Å²) in [6.07, 6.45) is -3.04. The zero-order chi connectivity index (χ0) is 24.8. The second-order valence-corrected chi connectivity index (χ2v) is 9.42. The van der Waals surface area contributed by atoms with E-state index in [4.69, 9.17) is 9.15 Å². The highest BCUT2D eigenvalue weighted by Crippen LogP contribution is 2.40. The highest BCUT2D eigenvalue weighted by Gasteiger charge is 2.41. The maximum Gasteiger partial charge on any atom is 0.453 e. The Bertz CT molecular complexity index is 1290. The van der Waals surface area contributed by atoms with Gasteiger partial charge in [-0.3, -0.25) is 4.79 Å². The Morgan fingerprint density at radius 2 is 1.82 bits per heavy atom. The Kier molecular flexibility index (Phi) is 6.38. The molecule has 182 valence electrons. The van der Waals surface area contributed by atoms with Gasteiger partial charge in [-0.2, -0.15) is 13.2 Å². The van der Waals surface area contributed by atoms with Gasteiger partial charge in [0.15, 0.2) is 0 Å². The van der Waals surface area contributed by atoms with Gasteiger partial charge in [0, 0.05) is 5.56 Å². The number of aryl methyl sites for hydroxylation is 2. The number of halogens is 3. The summed E-state index contributed by atoms with van der Waals surface area (Å²) in [6, 6.07) is 5.90. The van der Waals surface area contributed by atoms with E-state index >= 15 is 0 Å². The molecule has 0 radical (unpaired) electrons. The van der Waals surface area contributed by atoms with Crippen LogP contribution in [-0.2, 0) is 12.7 Å². The number of alkyl halides is 3. The first-order chi connectivity index (χ1) is 16.0. The number of likely N-dealkylation sites (tertiary alicyclic amines) is 1. The van der Waals surface area contributed by atoms with Gasteiger partial charge in [0.05, 0.1) is 18.5 Å². The van der Waals surface area contributed by atoms with E-state index in [1.807, 2.05) is 13.0 Å². The number of quaternary nitrogens is 1. The van der Waals surface area contributed by atoms with Crippen molar-refractivity contribution in [2.75, 3.05) is 13.1 Å². The van der Waals surface area contributed by atoms with Crippen LogP contribution in [0.2, 0.25) is 0 Å². The van der Waals surface area contributed by atoms with Crippen molar-refractivity contribution in [1.29, 1.82) is 0 Å². The van der Waals surface area contributed by atoms with Crippen LogP contribution in [0.15, 0.2) is 33.5 Å². The first-order valence-electron chi connectivity index (χ1n) is 11.4. The first-order valence-corrected chi connectivity index (χ1v) is 11.4. The molecule has 0 saturated carbocycles. The van der Waals surface area contributed by atoms with Crippen LogP contribution in [-0.4, -0.2) is 13.1 Å². The fraction of sp³-hybridized carbons (Fsp3) is 0.423. The lowest BCUT2D eigenvalue weighted by Gasteiger charge is -2.29. The van der Waals surface area contributed by atoms with Gasteiger partial charge in [0.25, 0.3) is 5.76 Å². The fourth-order valence-corrected chi connectivity index (χ4v) is 4.54. The molecule has 1 aliphatic heterocycles. The molecule has 0 amide bonds. The zero-order valence-electron chi connectivity index (χ0n) is 19.7. The van der Waals surface area contributed by atoms with E-state index in [9.17, 15) is 23.1 Å². The fourth-order valence-electron chi connectivity index (χ4n) is 4.54. The minimum atomic E-state index is -4.99. The number of nitrogens with one attached hydrogen (secondary N) is 1. The lowest BCUT2D eigenvalue weighted by molar-refractivity contribution is -0.919. The van der Waals surface area contributed by atoms with Crippen molar-refractivity contribution in [3.8, 4) is 17.2 Å². The topological polar surface area (TPSA) is 66.9 Å².